The van der Waals surface area contributed by atoms with Crippen LogP contribution in [-0.2, 0) is 6.42 Å². The highest BCUT2D eigenvalue weighted by Crippen LogP contribution is 2.24. The smallest absolute Gasteiger partial charge is 0.0198 e. The van der Waals surface area contributed by atoms with Crippen molar-refractivity contribution in [3.05, 3.63) is 35.9 Å². The number of nitrogens with one attached hydrogen (secondary N) is 1. The van der Waals surface area contributed by atoms with E-state index in [0.717, 1.165) is 11.8 Å². The Morgan fingerprint density at radius 1 is 1.00 bits per heavy atom. The standard InChI is InChI=1S/C20H32N2/c1-22-15-19(12-17-8-4-2-5-9-17)13-20(16-22)21-14-18-10-6-3-7-11-18/h2,4-5,8-9,18-21H,3,6-7,10-16H2,1H3. The van der Waals surface area contributed by atoms with Gasteiger partial charge in [0.05, 0.1) is 0 Å². The van der Waals surface area contributed by atoms with Crippen molar-refractivity contribution in [2.45, 2.75) is 51.0 Å². The quantitative estimate of drug-likeness (QED) is 0.891. The van der Waals surface area contributed by atoms with E-state index in [2.05, 4.69) is 47.6 Å². The van der Waals surface area contributed by atoms with Crippen LogP contribution in [0.2, 0.25) is 0 Å². The third kappa shape index (κ3) is 4.82. The average Bonchev–Trinajstić information content (AvgIpc) is 2.54. The number of piperidine rings is 1. The van der Waals surface area contributed by atoms with Crippen molar-refractivity contribution >= 4 is 0 Å². The molecule has 2 fully saturated rings. The van der Waals surface area contributed by atoms with Gasteiger partial charge in [0.1, 0.15) is 0 Å². The SMILES string of the molecule is CN1CC(Cc2ccccc2)CC(NCC2CCCCC2)C1. The van der Waals surface area contributed by atoms with Crippen LogP contribution in [0, 0.1) is 11.8 Å². The summed E-state index contributed by atoms with van der Waals surface area (Å²) in [5, 5.41) is 3.90. The summed E-state index contributed by atoms with van der Waals surface area (Å²) in [6, 6.07) is 11.7. The summed E-state index contributed by atoms with van der Waals surface area (Å²) in [6.45, 7) is 3.71. The Morgan fingerprint density at radius 2 is 1.77 bits per heavy atom. The van der Waals surface area contributed by atoms with Crippen molar-refractivity contribution < 1.29 is 0 Å². The van der Waals surface area contributed by atoms with Crippen molar-refractivity contribution in [1.29, 1.82) is 0 Å². The van der Waals surface area contributed by atoms with E-state index >= 15 is 0 Å². The summed E-state index contributed by atoms with van der Waals surface area (Å²) in [5.41, 5.74) is 1.49. The minimum absolute atomic E-state index is 0.689. The molecule has 1 heterocycles. The summed E-state index contributed by atoms with van der Waals surface area (Å²) in [5.74, 6) is 1.73. The molecule has 2 aliphatic rings. The lowest BCUT2D eigenvalue weighted by Crippen LogP contribution is -2.49. The van der Waals surface area contributed by atoms with Gasteiger partial charge in [0.25, 0.3) is 0 Å². The van der Waals surface area contributed by atoms with E-state index in [-0.39, 0.29) is 0 Å². The van der Waals surface area contributed by atoms with Gasteiger partial charge in [-0.1, -0.05) is 49.6 Å². The molecule has 1 saturated carbocycles. The minimum atomic E-state index is 0.689. The van der Waals surface area contributed by atoms with Crippen LogP contribution in [0.5, 0.6) is 0 Å². The fraction of sp³-hybridized carbons (Fsp3) is 0.700. The number of nitrogens with zero attached hydrogens (tertiary/aromatic N) is 1. The van der Waals surface area contributed by atoms with Gasteiger partial charge < -0.3 is 10.2 Å². The molecule has 1 N–H and O–H groups in total. The molecule has 1 aromatic carbocycles. The molecule has 0 radical (unpaired) electrons. The second kappa shape index (κ2) is 8.12. The molecule has 2 nitrogen and oxygen atoms in total. The number of rotatable bonds is 5. The Hall–Kier alpha value is -0.860. The van der Waals surface area contributed by atoms with E-state index in [9.17, 15) is 0 Å². The molecule has 2 heteroatoms. The first-order valence-corrected chi connectivity index (χ1v) is 9.25. The molecule has 22 heavy (non-hydrogen) atoms. The van der Waals surface area contributed by atoms with Crippen LogP contribution in [0.25, 0.3) is 0 Å². The molecule has 0 aromatic heterocycles. The minimum Gasteiger partial charge on any atom is -0.312 e. The van der Waals surface area contributed by atoms with Crippen molar-refractivity contribution in [2.24, 2.45) is 11.8 Å². The fourth-order valence-corrected chi connectivity index (χ4v) is 4.41. The monoisotopic (exact) mass is 300 g/mol. The van der Waals surface area contributed by atoms with Gasteiger partial charge in [0.15, 0.2) is 0 Å². The van der Waals surface area contributed by atoms with Crippen molar-refractivity contribution in [2.75, 3.05) is 26.7 Å². The molecule has 1 saturated heterocycles. The van der Waals surface area contributed by atoms with Gasteiger partial charge >= 0.3 is 0 Å². The first kappa shape index (κ1) is 16.0. The lowest BCUT2D eigenvalue weighted by molar-refractivity contribution is 0.163. The highest BCUT2D eigenvalue weighted by molar-refractivity contribution is 5.15. The van der Waals surface area contributed by atoms with Crippen molar-refractivity contribution in [3.63, 3.8) is 0 Å². The Morgan fingerprint density at radius 3 is 2.55 bits per heavy atom. The second-order valence-electron chi connectivity index (χ2n) is 7.62. The molecule has 2 atom stereocenters. The van der Waals surface area contributed by atoms with E-state index in [4.69, 9.17) is 0 Å². The summed E-state index contributed by atoms with van der Waals surface area (Å²) in [7, 11) is 2.28. The Bertz CT molecular complexity index is 425. The number of benzene rings is 1. The van der Waals surface area contributed by atoms with Crippen LogP contribution in [0.1, 0.15) is 44.1 Å². The molecular formula is C20H32N2. The first-order chi connectivity index (χ1) is 10.8. The van der Waals surface area contributed by atoms with Gasteiger partial charge in [0, 0.05) is 19.1 Å². The summed E-state index contributed by atoms with van der Waals surface area (Å²) in [6.07, 6.45) is 9.83. The normalized spacial score (nSPS) is 27.9. The highest BCUT2D eigenvalue weighted by Gasteiger charge is 2.26. The van der Waals surface area contributed by atoms with E-state index in [1.165, 1.54) is 70.1 Å². The zero-order valence-corrected chi connectivity index (χ0v) is 14.1. The Kier molecular flexibility index (Phi) is 5.91. The van der Waals surface area contributed by atoms with Gasteiger partial charge in [-0.05, 0) is 56.7 Å². The van der Waals surface area contributed by atoms with Crippen LogP contribution in [-0.4, -0.2) is 37.6 Å². The van der Waals surface area contributed by atoms with Gasteiger partial charge in [0.2, 0.25) is 0 Å². The van der Waals surface area contributed by atoms with E-state index in [0.29, 0.717) is 6.04 Å². The zero-order chi connectivity index (χ0) is 15.2. The molecule has 0 bridgehead atoms. The maximum Gasteiger partial charge on any atom is 0.0198 e. The molecule has 0 spiro atoms. The Balaban J connectivity index is 1.47. The first-order valence-electron chi connectivity index (χ1n) is 9.25. The van der Waals surface area contributed by atoms with Gasteiger partial charge in [-0.2, -0.15) is 0 Å². The van der Waals surface area contributed by atoms with E-state index in [1.807, 2.05) is 0 Å². The molecule has 0 amide bonds. The van der Waals surface area contributed by atoms with Crippen LogP contribution in [0.3, 0.4) is 0 Å². The van der Waals surface area contributed by atoms with E-state index in [1.54, 1.807) is 0 Å². The molecule has 1 aliphatic heterocycles. The lowest BCUT2D eigenvalue weighted by Gasteiger charge is -2.37. The maximum atomic E-state index is 3.90. The molecule has 1 aromatic rings. The van der Waals surface area contributed by atoms with Crippen LogP contribution < -0.4 is 5.32 Å². The zero-order valence-electron chi connectivity index (χ0n) is 14.1. The van der Waals surface area contributed by atoms with Gasteiger partial charge in [-0.25, -0.2) is 0 Å². The Labute approximate surface area is 136 Å². The van der Waals surface area contributed by atoms with Crippen LogP contribution in [0.15, 0.2) is 30.3 Å². The van der Waals surface area contributed by atoms with Crippen molar-refractivity contribution in [3.8, 4) is 0 Å². The third-order valence-corrected chi connectivity index (χ3v) is 5.51. The molecular weight excluding hydrogens is 268 g/mol. The number of hydrogen-bond acceptors (Lipinski definition) is 2. The van der Waals surface area contributed by atoms with Crippen molar-refractivity contribution in [1.82, 2.24) is 10.2 Å². The maximum absolute atomic E-state index is 3.90. The average molecular weight is 300 g/mol. The topological polar surface area (TPSA) is 15.3 Å². The molecule has 1 aliphatic carbocycles. The molecule has 122 valence electrons. The van der Waals surface area contributed by atoms with Crippen LogP contribution in [0.4, 0.5) is 0 Å². The van der Waals surface area contributed by atoms with Gasteiger partial charge in [-0.15, -0.1) is 0 Å². The number of likely N-dealkylation sites (tertiary alicyclic amines) is 1. The van der Waals surface area contributed by atoms with Crippen LogP contribution >= 0.6 is 0 Å². The summed E-state index contributed by atoms with van der Waals surface area (Å²) < 4.78 is 0. The van der Waals surface area contributed by atoms with Gasteiger partial charge in [-0.3, -0.25) is 0 Å². The lowest BCUT2D eigenvalue weighted by atomic mass is 9.87. The summed E-state index contributed by atoms with van der Waals surface area (Å²) in [4.78, 5) is 2.52. The summed E-state index contributed by atoms with van der Waals surface area (Å²) >= 11 is 0. The number of hydrogen-bond donors (Lipinski definition) is 1. The second-order valence-corrected chi connectivity index (χ2v) is 7.62. The number of likely N-dealkylation sites (N-methyl/N-ethyl adjacent to an activating group) is 1. The molecule has 2 unspecified atom stereocenters. The third-order valence-electron chi connectivity index (χ3n) is 5.51. The largest absolute Gasteiger partial charge is 0.312 e. The van der Waals surface area contributed by atoms with E-state index < -0.39 is 0 Å². The predicted molar refractivity (Wildman–Crippen MR) is 94.1 cm³/mol. The fourth-order valence-electron chi connectivity index (χ4n) is 4.41. The predicted octanol–water partition coefficient (Wildman–Crippen LogP) is 3.72. The molecule has 3 rings (SSSR count). The highest BCUT2D eigenvalue weighted by atomic mass is 15.1.